The highest BCUT2D eigenvalue weighted by Gasteiger charge is 2.34. The Hall–Kier alpha value is -3.48. The molecule has 3 aromatic rings. The Balaban J connectivity index is 2.02. The van der Waals surface area contributed by atoms with Crippen LogP contribution >= 0.6 is 0 Å². The molecule has 7 nitrogen and oxygen atoms in total. The van der Waals surface area contributed by atoms with Gasteiger partial charge in [-0.3, -0.25) is 19.7 Å². The predicted octanol–water partition coefficient (Wildman–Crippen LogP) is 2.89. The molecule has 0 amide bonds. The van der Waals surface area contributed by atoms with Crippen molar-refractivity contribution in [3.05, 3.63) is 80.1 Å². The van der Waals surface area contributed by atoms with Gasteiger partial charge in [0.15, 0.2) is 0 Å². The molecule has 2 heterocycles. The van der Waals surface area contributed by atoms with Crippen LogP contribution in [0.25, 0.3) is 10.9 Å². The molecule has 2 aromatic carbocycles. The van der Waals surface area contributed by atoms with E-state index < -0.39 is 16.8 Å². The number of ether oxygens (including phenoxy) is 1. The number of para-hydroxylation sites is 1. The van der Waals surface area contributed by atoms with Gasteiger partial charge < -0.3 is 9.30 Å². The number of benzene rings is 2. The minimum Gasteiger partial charge on any atom is -0.425 e. The van der Waals surface area contributed by atoms with Gasteiger partial charge in [-0.15, -0.1) is 0 Å². The van der Waals surface area contributed by atoms with Crippen LogP contribution in [0.5, 0.6) is 5.75 Å². The standard InChI is InChI=1S/C19H14N2O5/c1-20-15-8-3-2-7-13(15)18-17(19(20)23)14(10-16(22)26-18)11-5-4-6-12(9-11)21(24)25/h2-9,14H,10H2,1H3/t14-/m0/s1. The first kappa shape index (κ1) is 16.0. The summed E-state index contributed by atoms with van der Waals surface area (Å²) in [7, 11) is 1.66. The molecule has 26 heavy (non-hydrogen) atoms. The van der Waals surface area contributed by atoms with Gasteiger partial charge in [-0.1, -0.05) is 24.3 Å². The number of fused-ring (bicyclic) bond motifs is 3. The number of hydrogen-bond acceptors (Lipinski definition) is 5. The fourth-order valence-corrected chi connectivity index (χ4v) is 3.47. The Labute approximate surface area is 147 Å². The number of hydrogen-bond donors (Lipinski definition) is 0. The summed E-state index contributed by atoms with van der Waals surface area (Å²) in [5.74, 6) is -0.807. The van der Waals surface area contributed by atoms with E-state index in [9.17, 15) is 19.7 Å². The number of nitro groups is 1. The molecule has 1 atom stereocenters. The molecule has 0 bridgehead atoms. The highest BCUT2D eigenvalue weighted by molar-refractivity contribution is 5.91. The van der Waals surface area contributed by atoms with Gasteiger partial charge in [0.1, 0.15) is 5.75 Å². The Morgan fingerprint density at radius 3 is 2.69 bits per heavy atom. The van der Waals surface area contributed by atoms with Gasteiger partial charge in [0.05, 0.1) is 22.4 Å². The van der Waals surface area contributed by atoms with Crippen molar-refractivity contribution in [3.63, 3.8) is 0 Å². The van der Waals surface area contributed by atoms with Crippen molar-refractivity contribution in [2.24, 2.45) is 7.05 Å². The van der Waals surface area contributed by atoms with Crippen molar-refractivity contribution < 1.29 is 14.5 Å². The third-order valence-electron chi connectivity index (χ3n) is 4.71. The highest BCUT2D eigenvalue weighted by atomic mass is 16.6. The number of aryl methyl sites for hydroxylation is 1. The molecule has 0 unspecified atom stereocenters. The van der Waals surface area contributed by atoms with Crippen molar-refractivity contribution in [1.82, 2.24) is 4.57 Å². The average Bonchev–Trinajstić information content (AvgIpc) is 2.65. The number of carbonyl (C=O) groups is 1. The first-order valence-electron chi connectivity index (χ1n) is 8.04. The molecule has 0 aliphatic carbocycles. The number of aromatic nitrogens is 1. The van der Waals surface area contributed by atoms with Gasteiger partial charge in [-0.05, 0) is 17.7 Å². The largest absolute Gasteiger partial charge is 0.425 e. The number of carbonyl (C=O) groups excluding carboxylic acids is 1. The van der Waals surface area contributed by atoms with E-state index in [-0.39, 0.29) is 23.4 Å². The van der Waals surface area contributed by atoms with E-state index in [2.05, 4.69) is 0 Å². The van der Waals surface area contributed by atoms with Gasteiger partial charge >= 0.3 is 5.97 Å². The maximum atomic E-state index is 13.0. The van der Waals surface area contributed by atoms with Crippen molar-refractivity contribution in [1.29, 1.82) is 0 Å². The second-order valence-corrected chi connectivity index (χ2v) is 6.21. The molecule has 0 spiro atoms. The van der Waals surface area contributed by atoms with E-state index in [4.69, 9.17) is 4.74 Å². The predicted molar refractivity (Wildman–Crippen MR) is 94.4 cm³/mol. The van der Waals surface area contributed by atoms with Crippen LogP contribution in [-0.4, -0.2) is 15.5 Å². The van der Waals surface area contributed by atoms with Gasteiger partial charge in [0.25, 0.3) is 11.2 Å². The smallest absolute Gasteiger partial charge is 0.312 e. The molecule has 1 aliphatic rings. The van der Waals surface area contributed by atoms with E-state index in [1.807, 2.05) is 0 Å². The summed E-state index contributed by atoms with van der Waals surface area (Å²) in [4.78, 5) is 35.8. The number of esters is 1. The van der Waals surface area contributed by atoms with Crippen molar-refractivity contribution >= 4 is 22.6 Å². The summed E-state index contributed by atoms with van der Waals surface area (Å²) >= 11 is 0. The lowest BCUT2D eigenvalue weighted by Gasteiger charge is -2.26. The van der Waals surface area contributed by atoms with Crippen LogP contribution in [0.3, 0.4) is 0 Å². The number of nitro benzene ring substituents is 1. The van der Waals surface area contributed by atoms with Crippen LogP contribution in [0, 0.1) is 10.1 Å². The summed E-state index contributed by atoms with van der Waals surface area (Å²) in [5, 5.41) is 11.8. The quantitative estimate of drug-likeness (QED) is 0.403. The molecule has 1 aromatic heterocycles. The molecular weight excluding hydrogens is 336 g/mol. The number of non-ortho nitro benzene ring substituents is 1. The van der Waals surface area contributed by atoms with Gasteiger partial charge in [0.2, 0.25) is 0 Å². The van der Waals surface area contributed by atoms with E-state index in [1.54, 1.807) is 43.4 Å². The van der Waals surface area contributed by atoms with Crippen molar-refractivity contribution in [3.8, 4) is 5.75 Å². The number of pyridine rings is 1. The summed E-state index contributed by atoms with van der Waals surface area (Å²) in [6.45, 7) is 0. The molecule has 4 rings (SSSR count). The minimum absolute atomic E-state index is 0.0399. The Morgan fingerprint density at radius 1 is 1.15 bits per heavy atom. The zero-order valence-electron chi connectivity index (χ0n) is 13.8. The fourth-order valence-electron chi connectivity index (χ4n) is 3.47. The lowest BCUT2D eigenvalue weighted by molar-refractivity contribution is -0.384. The van der Waals surface area contributed by atoms with Crippen molar-refractivity contribution in [2.75, 3.05) is 0 Å². The fraction of sp³-hybridized carbons (Fsp3) is 0.158. The molecule has 0 saturated carbocycles. The second-order valence-electron chi connectivity index (χ2n) is 6.21. The third kappa shape index (κ3) is 2.36. The van der Waals surface area contributed by atoms with Gasteiger partial charge in [-0.25, -0.2) is 0 Å². The van der Waals surface area contributed by atoms with Crippen LogP contribution in [0.4, 0.5) is 5.69 Å². The highest BCUT2D eigenvalue weighted by Crippen LogP contribution is 2.40. The maximum absolute atomic E-state index is 13.0. The van der Waals surface area contributed by atoms with Crippen LogP contribution < -0.4 is 10.3 Å². The normalized spacial score (nSPS) is 16.2. The zero-order valence-corrected chi connectivity index (χ0v) is 13.8. The summed E-state index contributed by atoms with van der Waals surface area (Å²) < 4.78 is 6.94. The molecule has 0 N–H and O–H groups in total. The third-order valence-corrected chi connectivity index (χ3v) is 4.71. The maximum Gasteiger partial charge on any atom is 0.312 e. The van der Waals surface area contributed by atoms with E-state index >= 15 is 0 Å². The monoisotopic (exact) mass is 350 g/mol. The Bertz CT molecular complexity index is 1130. The molecule has 0 radical (unpaired) electrons. The molecule has 130 valence electrons. The van der Waals surface area contributed by atoms with Gasteiger partial charge in [0, 0.05) is 30.5 Å². The summed E-state index contributed by atoms with van der Waals surface area (Å²) in [6, 6.07) is 13.2. The van der Waals surface area contributed by atoms with Crippen molar-refractivity contribution in [2.45, 2.75) is 12.3 Å². The van der Waals surface area contributed by atoms with Crippen LogP contribution in [0.15, 0.2) is 53.3 Å². The van der Waals surface area contributed by atoms with Crippen LogP contribution in [0.1, 0.15) is 23.5 Å². The lowest BCUT2D eigenvalue weighted by Crippen LogP contribution is -2.31. The Kier molecular flexibility index (Phi) is 3.57. The first-order valence-corrected chi connectivity index (χ1v) is 8.04. The zero-order chi connectivity index (χ0) is 18.4. The molecule has 0 fully saturated rings. The SMILES string of the molecule is Cn1c(=O)c2c(c3ccccc31)OC(=O)C[C@H]2c1cccc([N+](=O)[O-])c1. The van der Waals surface area contributed by atoms with Crippen LogP contribution in [0.2, 0.25) is 0 Å². The topological polar surface area (TPSA) is 91.4 Å². The second kappa shape index (κ2) is 5.80. The summed E-state index contributed by atoms with van der Waals surface area (Å²) in [5.41, 5.74) is 1.20. The average molecular weight is 350 g/mol. The lowest BCUT2D eigenvalue weighted by atomic mass is 9.86. The molecular formula is C19H14N2O5. The first-order chi connectivity index (χ1) is 12.5. The number of nitrogens with zero attached hydrogens (tertiary/aromatic N) is 2. The molecule has 7 heteroatoms. The van der Waals surface area contributed by atoms with Gasteiger partial charge in [-0.2, -0.15) is 0 Å². The van der Waals surface area contributed by atoms with E-state index in [0.717, 1.165) is 0 Å². The number of rotatable bonds is 2. The van der Waals surface area contributed by atoms with E-state index in [0.29, 0.717) is 22.0 Å². The minimum atomic E-state index is -0.588. The van der Waals surface area contributed by atoms with Crippen LogP contribution in [-0.2, 0) is 11.8 Å². The van der Waals surface area contributed by atoms with E-state index in [1.165, 1.54) is 16.7 Å². The molecule has 1 aliphatic heterocycles. The molecule has 0 saturated heterocycles. The summed E-state index contributed by atoms with van der Waals surface area (Å²) in [6.07, 6.45) is -0.0399. The Morgan fingerprint density at radius 2 is 1.92 bits per heavy atom.